The molecule has 3 rings (SSSR count). The fourth-order valence-electron chi connectivity index (χ4n) is 2.33. The first kappa shape index (κ1) is 15.2. The van der Waals surface area contributed by atoms with Crippen molar-refractivity contribution in [1.82, 2.24) is 25.1 Å². The Labute approximate surface area is 133 Å². The summed E-state index contributed by atoms with van der Waals surface area (Å²) >= 11 is 0. The summed E-state index contributed by atoms with van der Waals surface area (Å²) in [5.74, 6) is 0.552. The van der Waals surface area contributed by atoms with Crippen molar-refractivity contribution in [2.45, 2.75) is 39.3 Å². The zero-order chi connectivity index (χ0) is 16.6. The predicted octanol–water partition coefficient (Wildman–Crippen LogP) is 2.86. The molecule has 1 unspecified atom stereocenters. The van der Waals surface area contributed by atoms with Crippen LogP contribution in [0, 0.1) is 0 Å². The fourth-order valence-corrected chi connectivity index (χ4v) is 2.33. The lowest BCUT2D eigenvalue weighted by molar-refractivity contribution is 0.0505. The first-order valence-electron chi connectivity index (χ1n) is 7.44. The van der Waals surface area contributed by atoms with E-state index in [1.807, 2.05) is 52.0 Å². The van der Waals surface area contributed by atoms with Crippen LogP contribution in [0.5, 0.6) is 0 Å². The van der Waals surface area contributed by atoms with Crippen LogP contribution < -0.4 is 5.32 Å². The number of nitrogens with one attached hydrogen (secondary N) is 1. The molecule has 3 aromatic rings. The minimum absolute atomic E-state index is 0.381. The van der Waals surface area contributed by atoms with E-state index in [1.54, 1.807) is 10.7 Å². The van der Waals surface area contributed by atoms with E-state index in [9.17, 15) is 4.79 Å². The van der Waals surface area contributed by atoms with Gasteiger partial charge in [-0.1, -0.05) is 24.3 Å². The van der Waals surface area contributed by atoms with E-state index in [0.29, 0.717) is 11.5 Å². The van der Waals surface area contributed by atoms with Gasteiger partial charge in [0, 0.05) is 10.8 Å². The maximum absolute atomic E-state index is 11.9. The second-order valence-electron chi connectivity index (χ2n) is 6.39. The fraction of sp³-hybridized carbons (Fsp3) is 0.375. The second-order valence-corrected chi connectivity index (χ2v) is 6.39. The van der Waals surface area contributed by atoms with Gasteiger partial charge in [-0.3, -0.25) is 0 Å². The highest BCUT2D eigenvalue weighted by Crippen LogP contribution is 2.19. The van der Waals surface area contributed by atoms with Crippen LogP contribution in [0.15, 0.2) is 30.5 Å². The number of carbonyl (C=O) groups excluding carboxylic acids is 1. The molecule has 1 atom stereocenters. The SMILES string of the molecule is CC(NC(=O)OC(C)(C)C)c1nnc2c3ccccc3cnn12. The molecule has 1 aromatic carbocycles. The third-order valence-electron chi connectivity index (χ3n) is 3.30. The third-order valence-corrected chi connectivity index (χ3v) is 3.30. The van der Waals surface area contributed by atoms with E-state index in [1.165, 1.54) is 0 Å². The monoisotopic (exact) mass is 313 g/mol. The molecular weight excluding hydrogens is 294 g/mol. The summed E-state index contributed by atoms with van der Waals surface area (Å²) < 4.78 is 6.90. The van der Waals surface area contributed by atoms with Crippen LogP contribution in [0.2, 0.25) is 0 Å². The molecule has 0 aliphatic carbocycles. The maximum Gasteiger partial charge on any atom is 0.408 e. The number of ether oxygens (including phenoxy) is 1. The minimum atomic E-state index is -0.550. The van der Waals surface area contributed by atoms with E-state index < -0.39 is 11.7 Å². The van der Waals surface area contributed by atoms with E-state index in [-0.39, 0.29) is 6.04 Å². The molecule has 1 N–H and O–H groups in total. The first-order valence-corrected chi connectivity index (χ1v) is 7.44. The summed E-state index contributed by atoms with van der Waals surface area (Å²) in [7, 11) is 0. The topological polar surface area (TPSA) is 81.4 Å². The van der Waals surface area contributed by atoms with Crippen LogP contribution in [0.4, 0.5) is 4.79 Å². The molecule has 2 aromatic heterocycles. The largest absolute Gasteiger partial charge is 0.444 e. The zero-order valence-corrected chi connectivity index (χ0v) is 13.6. The van der Waals surface area contributed by atoms with Crippen LogP contribution in [0.25, 0.3) is 16.4 Å². The normalized spacial score (nSPS) is 13.2. The Bertz CT molecular complexity index is 866. The smallest absolute Gasteiger partial charge is 0.408 e. The number of nitrogens with zero attached hydrogens (tertiary/aromatic N) is 4. The third kappa shape index (κ3) is 3.08. The molecule has 0 fully saturated rings. The van der Waals surface area contributed by atoms with Gasteiger partial charge in [0.15, 0.2) is 11.5 Å². The molecule has 0 spiro atoms. The van der Waals surface area contributed by atoms with Gasteiger partial charge in [0.2, 0.25) is 0 Å². The number of rotatable bonds is 2. The Morgan fingerprint density at radius 1 is 1.26 bits per heavy atom. The Morgan fingerprint density at radius 3 is 2.74 bits per heavy atom. The summed E-state index contributed by atoms with van der Waals surface area (Å²) in [5.41, 5.74) is 0.112. The van der Waals surface area contributed by atoms with Crippen molar-refractivity contribution in [1.29, 1.82) is 0 Å². The van der Waals surface area contributed by atoms with Crippen LogP contribution in [-0.2, 0) is 4.74 Å². The number of hydrogen-bond acceptors (Lipinski definition) is 5. The number of fused-ring (bicyclic) bond motifs is 3. The summed E-state index contributed by atoms with van der Waals surface area (Å²) in [4.78, 5) is 11.9. The van der Waals surface area contributed by atoms with Gasteiger partial charge in [0.1, 0.15) is 5.60 Å². The molecule has 2 heterocycles. The van der Waals surface area contributed by atoms with E-state index in [2.05, 4.69) is 20.6 Å². The average Bonchev–Trinajstić information content (AvgIpc) is 2.89. The number of carbonyl (C=O) groups is 1. The van der Waals surface area contributed by atoms with E-state index in [4.69, 9.17) is 4.74 Å². The molecule has 0 aliphatic heterocycles. The number of hydrogen-bond donors (Lipinski definition) is 1. The predicted molar refractivity (Wildman–Crippen MR) is 86.1 cm³/mol. The molecule has 23 heavy (non-hydrogen) atoms. The number of amides is 1. The molecule has 0 radical (unpaired) electrons. The van der Waals surface area contributed by atoms with Gasteiger partial charge in [-0.15, -0.1) is 10.2 Å². The van der Waals surface area contributed by atoms with Crippen LogP contribution in [0.3, 0.4) is 0 Å². The standard InChI is InChI=1S/C16H19N5O2/c1-10(18-15(22)23-16(2,3)4)13-19-20-14-12-8-6-5-7-11(12)9-17-21(13)14/h5-10H,1-4H3,(H,18,22). The Balaban J connectivity index is 1.91. The van der Waals surface area contributed by atoms with Crippen molar-refractivity contribution >= 4 is 22.5 Å². The van der Waals surface area contributed by atoms with E-state index >= 15 is 0 Å². The van der Waals surface area contributed by atoms with Crippen LogP contribution in [-0.4, -0.2) is 31.5 Å². The van der Waals surface area contributed by atoms with Gasteiger partial charge in [-0.25, -0.2) is 4.79 Å². The average molecular weight is 313 g/mol. The molecular formula is C16H19N5O2. The van der Waals surface area contributed by atoms with Gasteiger partial charge >= 0.3 is 6.09 Å². The molecule has 0 aliphatic rings. The van der Waals surface area contributed by atoms with Crippen LogP contribution in [0.1, 0.15) is 39.6 Å². The molecule has 0 saturated heterocycles. The summed E-state index contributed by atoms with van der Waals surface area (Å²) in [5, 5.41) is 17.5. The van der Waals surface area contributed by atoms with Crippen molar-refractivity contribution in [3.05, 3.63) is 36.3 Å². The van der Waals surface area contributed by atoms with Crippen molar-refractivity contribution in [2.24, 2.45) is 0 Å². The summed E-state index contributed by atoms with van der Waals surface area (Å²) in [6.07, 6.45) is 1.26. The quantitative estimate of drug-likeness (QED) is 0.786. The lowest BCUT2D eigenvalue weighted by Gasteiger charge is -2.21. The second kappa shape index (κ2) is 5.49. The highest BCUT2D eigenvalue weighted by atomic mass is 16.6. The molecule has 1 amide bonds. The van der Waals surface area contributed by atoms with Crippen molar-refractivity contribution in [2.75, 3.05) is 0 Å². The van der Waals surface area contributed by atoms with Crippen molar-refractivity contribution in [3.63, 3.8) is 0 Å². The first-order chi connectivity index (χ1) is 10.8. The van der Waals surface area contributed by atoms with Gasteiger partial charge < -0.3 is 10.1 Å². The Kier molecular flexibility index (Phi) is 3.63. The molecule has 7 nitrogen and oxygen atoms in total. The molecule has 0 bridgehead atoms. The van der Waals surface area contributed by atoms with Crippen LogP contribution >= 0.6 is 0 Å². The zero-order valence-electron chi connectivity index (χ0n) is 13.6. The molecule has 7 heteroatoms. The molecule has 120 valence electrons. The van der Waals surface area contributed by atoms with Crippen molar-refractivity contribution < 1.29 is 9.53 Å². The number of aromatic nitrogens is 4. The summed E-state index contributed by atoms with van der Waals surface area (Å²) in [6, 6.07) is 7.45. The van der Waals surface area contributed by atoms with Crippen molar-refractivity contribution in [3.8, 4) is 0 Å². The highest BCUT2D eigenvalue weighted by Gasteiger charge is 2.21. The van der Waals surface area contributed by atoms with Gasteiger partial charge in [-0.05, 0) is 27.7 Å². The molecule has 0 saturated carbocycles. The number of benzene rings is 1. The van der Waals surface area contributed by atoms with Gasteiger partial charge in [0.25, 0.3) is 0 Å². The van der Waals surface area contributed by atoms with Gasteiger partial charge in [0.05, 0.1) is 12.2 Å². The summed E-state index contributed by atoms with van der Waals surface area (Å²) in [6.45, 7) is 7.27. The van der Waals surface area contributed by atoms with Gasteiger partial charge in [-0.2, -0.15) is 9.61 Å². The highest BCUT2D eigenvalue weighted by molar-refractivity contribution is 5.92. The Hall–Kier alpha value is -2.70. The maximum atomic E-state index is 11.9. The van der Waals surface area contributed by atoms with E-state index in [0.717, 1.165) is 10.8 Å². The minimum Gasteiger partial charge on any atom is -0.444 e. The Morgan fingerprint density at radius 2 is 2.00 bits per heavy atom. The number of alkyl carbamates (subject to hydrolysis) is 1. The lowest BCUT2D eigenvalue weighted by Crippen LogP contribution is -2.34. The lowest BCUT2D eigenvalue weighted by atomic mass is 10.2.